The molecule has 0 atom stereocenters. The van der Waals surface area contributed by atoms with E-state index in [2.05, 4.69) is 216 Å². The highest BCUT2D eigenvalue weighted by molar-refractivity contribution is 7.99. The molecule has 4 aliphatic heterocycles. The van der Waals surface area contributed by atoms with Crippen LogP contribution in [0.25, 0.3) is 22.4 Å². The van der Waals surface area contributed by atoms with E-state index in [1.165, 1.54) is 105 Å². The number of nitrogens with zero attached hydrogens (tertiary/aromatic N) is 3. The van der Waals surface area contributed by atoms with Gasteiger partial charge in [0.15, 0.2) is 0 Å². The summed E-state index contributed by atoms with van der Waals surface area (Å²) in [6.45, 7) is 33.3. The van der Waals surface area contributed by atoms with E-state index in [1.54, 1.807) is 0 Å². The van der Waals surface area contributed by atoms with Crippen molar-refractivity contribution in [3.8, 4) is 22.4 Å². The highest BCUT2D eigenvalue weighted by Crippen LogP contribution is 2.59. The molecule has 0 saturated carbocycles. The number of fused-ring (bicyclic) bond motifs is 8. The van der Waals surface area contributed by atoms with Gasteiger partial charge in [0.1, 0.15) is 0 Å². The molecule has 0 saturated heterocycles. The summed E-state index contributed by atoms with van der Waals surface area (Å²) in [7, 11) is 0. The molecule has 11 rings (SSSR count). The first kappa shape index (κ1) is 42.1. The van der Waals surface area contributed by atoms with Gasteiger partial charge in [0, 0.05) is 44.0 Å². The van der Waals surface area contributed by atoms with Crippen LogP contribution < -0.4 is 26.2 Å². The molecule has 0 spiro atoms. The van der Waals surface area contributed by atoms with Gasteiger partial charge in [0.05, 0.1) is 22.8 Å². The largest absolute Gasteiger partial charge is 0.311 e. The van der Waals surface area contributed by atoms with Gasteiger partial charge >= 0.3 is 0 Å². The first-order valence-corrected chi connectivity index (χ1v) is 24.5. The molecule has 0 bridgehead atoms. The van der Waals surface area contributed by atoms with Crippen LogP contribution in [0.5, 0.6) is 0 Å². The molecular formula is C60H62BN3S. The normalized spacial score (nSPS) is 15.5. The van der Waals surface area contributed by atoms with Gasteiger partial charge in [-0.2, -0.15) is 0 Å². The van der Waals surface area contributed by atoms with Crippen LogP contribution in [0.2, 0.25) is 0 Å². The van der Waals surface area contributed by atoms with E-state index in [9.17, 15) is 0 Å². The number of anilines is 6. The van der Waals surface area contributed by atoms with E-state index in [1.807, 2.05) is 24.0 Å². The number of hydrogen-bond acceptors (Lipinski definition) is 4. The third-order valence-electron chi connectivity index (χ3n) is 14.8. The molecule has 3 nitrogen and oxygen atoms in total. The van der Waals surface area contributed by atoms with E-state index in [4.69, 9.17) is 4.98 Å². The topological polar surface area (TPSA) is 19.4 Å². The SMILES string of the molecule is CC(C)(C)c1ccc2c(c1)Sc1cc(C(C)(C)C)cc3c1N2c1cc(-c2cccc(-c4ccccn4)c2)cc2c1B3c1cc(C(C)(C)C)cc3c1N2c1ccc(C(C)(C)C)cc1C3(C)C. The van der Waals surface area contributed by atoms with Gasteiger partial charge in [0.25, 0.3) is 6.71 Å². The van der Waals surface area contributed by atoms with Crippen LogP contribution in [0.3, 0.4) is 0 Å². The number of rotatable bonds is 2. The van der Waals surface area contributed by atoms with Crippen molar-refractivity contribution in [3.63, 3.8) is 0 Å². The van der Waals surface area contributed by atoms with Crippen LogP contribution in [0.15, 0.2) is 131 Å². The average Bonchev–Trinajstić information content (AvgIpc) is 3.24. The molecule has 326 valence electrons. The second-order valence-corrected chi connectivity index (χ2v) is 24.9. The van der Waals surface area contributed by atoms with Crippen LogP contribution in [0.4, 0.5) is 34.1 Å². The summed E-state index contributed by atoms with van der Waals surface area (Å²) in [6, 6.07) is 45.1. The van der Waals surface area contributed by atoms with Crippen molar-refractivity contribution < 1.29 is 0 Å². The van der Waals surface area contributed by atoms with Gasteiger partial charge < -0.3 is 9.80 Å². The second kappa shape index (κ2) is 13.8. The average molecular weight is 868 g/mol. The van der Waals surface area contributed by atoms with Gasteiger partial charge in [-0.3, -0.25) is 4.98 Å². The van der Waals surface area contributed by atoms with Crippen molar-refractivity contribution >= 4 is 69.0 Å². The zero-order valence-electron chi connectivity index (χ0n) is 40.9. The van der Waals surface area contributed by atoms with Gasteiger partial charge in [-0.1, -0.05) is 169 Å². The number of pyridine rings is 1. The maximum atomic E-state index is 4.78. The molecule has 7 aromatic rings. The minimum absolute atomic E-state index is 0.00715. The molecule has 6 aromatic carbocycles. The summed E-state index contributed by atoms with van der Waals surface area (Å²) < 4.78 is 0. The quantitative estimate of drug-likeness (QED) is 0.161. The lowest BCUT2D eigenvalue weighted by molar-refractivity contribution is 0.574. The monoisotopic (exact) mass is 867 g/mol. The molecule has 0 N–H and O–H groups in total. The van der Waals surface area contributed by atoms with Crippen molar-refractivity contribution in [3.05, 3.63) is 155 Å². The molecule has 5 heteroatoms. The predicted octanol–water partition coefficient (Wildman–Crippen LogP) is 14.8. The van der Waals surface area contributed by atoms with Crippen LogP contribution in [-0.2, 0) is 27.1 Å². The first-order valence-electron chi connectivity index (χ1n) is 23.6. The van der Waals surface area contributed by atoms with Gasteiger partial charge in [-0.05, 0) is 137 Å². The smallest absolute Gasteiger partial charge is 0.252 e. The molecule has 1 aromatic heterocycles. The van der Waals surface area contributed by atoms with E-state index in [0.29, 0.717) is 0 Å². The summed E-state index contributed by atoms with van der Waals surface area (Å²) >= 11 is 1.96. The van der Waals surface area contributed by atoms with E-state index >= 15 is 0 Å². The Labute approximate surface area is 392 Å². The summed E-state index contributed by atoms with van der Waals surface area (Å²) in [5.74, 6) is 0. The molecule has 0 amide bonds. The van der Waals surface area contributed by atoms with E-state index < -0.39 is 0 Å². The molecule has 0 radical (unpaired) electrons. The second-order valence-electron chi connectivity index (χ2n) is 23.8. The summed E-state index contributed by atoms with van der Waals surface area (Å²) in [5.41, 5.74) is 24.4. The fraction of sp³-hybridized carbons (Fsp3) is 0.317. The maximum absolute atomic E-state index is 4.78. The Morgan fingerprint density at radius 1 is 0.462 bits per heavy atom. The lowest BCUT2D eigenvalue weighted by atomic mass is 9.32. The molecule has 4 aliphatic rings. The molecule has 0 aliphatic carbocycles. The Morgan fingerprint density at radius 3 is 1.65 bits per heavy atom. The molecule has 0 fully saturated rings. The summed E-state index contributed by atoms with van der Waals surface area (Å²) in [5, 5.41) is 0. The van der Waals surface area contributed by atoms with Crippen molar-refractivity contribution in [1.82, 2.24) is 4.98 Å². The molecule has 0 unspecified atom stereocenters. The van der Waals surface area contributed by atoms with Crippen LogP contribution in [0, 0.1) is 0 Å². The Hall–Kier alpha value is -5.52. The lowest BCUT2D eigenvalue weighted by Crippen LogP contribution is -2.63. The first-order chi connectivity index (χ1) is 30.5. The highest BCUT2D eigenvalue weighted by atomic mass is 32.2. The van der Waals surface area contributed by atoms with Crippen molar-refractivity contribution in [2.45, 2.75) is 134 Å². The highest BCUT2D eigenvalue weighted by Gasteiger charge is 2.51. The molecule has 65 heavy (non-hydrogen) atoms. The van der Waals surface area contributed by atoms with Gasteiger partial charge in [-0.25, -0.2) is 0 Å². The maximum Gasteiger partial charge on any atom is 0.252 e. The predicted molar refractivity (Wildman–Crippen MR) is 280 cm³/mol. The Balaban J connectivity index is 1.30. The van der Waals surface area contributed by atoms with Gasteiger partial charge in [-0.15, -0.1) is 0 Å². The van der Waals surface area contributed by atoms with Crippen molar-refractivity contribution in [1.29, 1.82) is 0 Å². The van der Waals surface area contributed by atoms with E-state index in [0.717, 1.165) is 11.3 Å². The number of aromatic nitrogens is 1. The zero-order chi connectivity index (χ0) is 45.9. The third kappa shape index (κ3) is 6.42. The lowest BCUT2D eigenvalue weighted by Gasteiger charge is -2.51. The standard InChI is InChI=1S/C60H62BN3S/c1-56(2,3)38-21-23-47-42(29-38)60(13,14)43-30-40(58(7,8)9)31-44-54(43)63(47)49-27-37(35-18-17-19-36(26-35)46-20-15-16-25-62-46)28-50-53(49)61(44)45-32-41(59(10,11)12)34-52-55(45)64(50)48-24-22-39(57(4,5)6)33-51(48)65-52/h15-34H,1-14H3. The number of benzene rings is 6. The van der Waals surface area contributed by atoms with Crippen LogP contribution in [0.1, 0.15) is 130 Å². The summed E-state index contributed by atoms with van der Waals surface area (Å²) in [4.78, 5) is 12.8. The Kier molecular flexibility index (Phi) is 8.93. The Morgan fingerprint density at radius 2 is 1.02 bits per heavy atom. The zero-order valence-corrected chi connectivity index (χ0v) is 41.7. The third-order valence-corrected chi connectivity index (χ3v) is 15.9. The minimum Gasteiger partial charge on any atom is -0.311 e. The van der Waals surface area contributed by atoms with Crippen molar-refractivity contribution in [2.75, 3.05) is 9.80 Å². The van der Waals surface area contributed by atoms with Gasteiger partial charge in [0.2, 0.25) is 0 Å². The van der Waals surface area contributed by atoms with Crippen LogP contribution >= 0.6 is 11.8 Å². The fourth-order valence-electron chi connectivity index (χ4n) is 10.9. The Bertz CT molecular complexity index is 3150. The number of hydrogen-bond donors (Lipinski definition) is 0. The van der Waals surface area contributed by atoms with Crippen molar-refractivity contribution in [2.24, 2.45) is 0 Å². The van der Waals surface area contributed by atoms with Crippen LogP contribution in [-0.4, -0.2) is 11.7 Å². The van der Waals surface area contributed by atoms with E-state index in [-0.39, 0.29) is 33.8 Å². The summed E-state index contributed by atoms with van der Waals surface area (Å²) in [6.07, 6.45) is 1.89. The minimum atomic E-state index is -0.250. The molecular weight excluding hydrogens is 806 g/mol. The molecule has 5 heterocycles. The fourth-order valence-corrected chi connectivity index (χ4v) is 12.1.